The Hall–Kier alpha value is -1.67. The maximum absolute atomic E-state index is 6.12. The highest BCUT2D eigenvalue weighted by Gasteiger charge is 2.15. The molecule has 1 aliphatic rings. The van der Waals surface area contributed by atoms with E-state index >= 15 is 0 Å². The second kappa shape index (κ2) is 3.72. The zero-order valence-electron chi connectivity index (χ0n) is 8.53. The smallest absolute Gasteiger partial charge is 0.169 e. The first-order valence-electron chi connectivity index (χ1n) is 5.13. The van der Waals surface area contributed by atoms with Crippen molar-refractivity contribution in [2.75, 3.05) is 5.32 Å². The molecule has 0 saturated heterocycles. The lowest BCUT2D eigenvalue weighted by molar-refractivity contribution is 0.484. The summed E-state index contributed by atoms with van der Waals surface area (Å²) >= 11 is 6.12. The van der Waals surface area contributed by atoms with Crippen LogP contribution in [0.15, 0.2) is 42.5 Å². The molecule has 0 atom stereocenters. The van der Waals surface area contributed by atoms with Crippen LogP contribution in [0.3, 0.4) is 0 Å². The highest BCUT2D eigenvalue weighted by Crippen LogP contribution is 2.40. The number of halogens is 1. The Morgan fingerprint density at radius 3 is 2.88 bits per heavy atom. The van der Waals surface area contributed by atoms with E-state index in [2.05, 4.69) is 5.32 Å². The van der Waals surface area contributed by atoms with E-state index in [4.69, 9.17) is 16.3 Å². The zero-order chi connectivity index (χ0) is 11.0. The minimum absolute atomic E-state index is 0.627. The molecule has 0 saturated carbocycles. The molecule has 2 aromatic rings. The summed E-state index contributed by atoms with van der Waals surface area (Å²) in [4.78, 5) is 0. The second-order valence-corrected chi connectivity index (χ2v) is 4.09. The van der Waals surface area contributed by atoms with E-state index < -0.39 is 0 Å². The van der Waals surface area contributed by atoms with Crippen LogP contribution in [0.1, 0.15) is 5.56 Å². The van der Waals surface area contributed by atoms with Gasteiger partial charge in [-0.05, 0) is 18.2 Å². The van der Waals surface area contributed by atoms with Crippen molar-refractivity contribution in [3.63, 3.8) is 0 Å². The Kier molecular flexibility index (Phi) is 2.22. The first-order chi connectivity index (χ1) is 7.84. The first-order valence-corrected chi connectivity index (χ1v) is 5.50. The summed E-state index contributed by atoms with van der Waals surface area (Å²) in [6, 6.07) is 13.7. The predicted molar refractivity (Wildman–Crippen MR) is 65.3 cm³/mol. The average molecular weight is 232 g/mol. The number of benzene rings is 2. The van der Waals surface area contributed by atoms with Crippen LogP contribution in [-0.2, 0) is 6.54 Å². The van der Waals surface area contributed by atoms with Crippen molar-refractivity contribution >= 4 is 17.3 Å². The Labute approximate surface area is 98.8 Å². The number of hydrogen-bond donors (Lipinski definition) is 1. The topological polar surface area (TPSA) is 21.3 Å². The van der Waals surface area contributed by atoms with Gasteiger partial charge < -0.3 is 10.1 Å². The lowest BCUT2D eigenvalue weighted by atomic mass is 10.2. The van der Waals surface area contributed by atoms with E-state index in [9.17, 15) is 0 Å². The van der Waals surface area contributed by atoms with Crippen LogP contribution in [0, 0.1) is 0 Å². The van der Waals surface area contributed by atoms with Crippen molar-refractivity contribution in [2.45, 2.75) is 6.54 Å². The first kappa shape index (κ1) is 9.55. The Balaban J connectivity index is 2.13. The van der Waals surface area contributed by atoms with Crippen molar-refractivity contribution in [1.29, 1.82) is 0 Å². The van der Waals surface area contributed by atoms with E-state index in [0.717, 1.165) is 23.5 Å². The number of anilines is 1. The minimum Gasteiger partial charge on any atom is -0.453 e. The van der Waals surface area contributed by atoms with E-state index in [0.29, 0.717) is 10.8 Å². The molecule has 2 nitrogen and oxygen atoms in total. The molecule has 0 spiro atoms. The molecule has 80 valence electrons. The van der Waals surface area contributed by atoms with E-state index in [-0.39, 0.29) is 0 Å². The lowest BCUT2D eigenvalue weighted by Gasteiger charge is -2.09. The molecule has 1 aliphatic heterocycles. The van der Waals surface area contributed by atoms with Gasteiger partial charge in [-0.1, -0.05) is 35.9 Å². The largest absolute Gasteiger partial charge is 0.453 e. The second-order valence-electron chi connectivity index (χ2n) is 3.68. The summed E-state index contributed by atoms with van der Waals surface area (Å²) in [7, 11) is 0. The molecule has 1 heterocycles. The Bertz CT molecular complexity index is 539. The van der Waals surface area contributed by atoms with Crippen LogP contribution in [0.25, 0.3) is 0 Å². The summed E-state index contributed by atoms with van der Waals surface area (Å²) < 4.78 is 5.84. The molecule has 3 heteroatoms. The van der Waals surface area contributed by atoms with Gasteiger partial charge in [0.2, 0.25) is 0 Å². The van der Waals surface area contributed by atoms with Gasteiger partial charge in [0.05, 0.1) is 10.7 Å². The van der Waals surface area contributed by atoms with E-state index in [1.165, 1.54) is 0 Å². The predicted octanol–water partition coefficient (Wildman–Crippen LogP) is 4.06. The fourth-order valence-corrected chi connectivity index (χ4v) is 2.01. The van der Waals surface area contributed by atoms with Crippen molar-refractivity contribution < 1.29 is 4.74 Å². The van der Waals surface area contributed by atoms with Gasteiger partial charge in [0.25, 0.3) is 0 Å². The van der Waals surface area contributed by atoms with E-state index in [1.54, 1.807) is 0 Å². The zero-order valence-corrected chi connectivity index (χ0v) is 9.29. The number of rotatable bonds is 0. The summed E-state index contributed by atoms with van der Waals surface area (Å²) in [5.74, 6) is 1.57. The third-order valence-electron chi connectivity index (χ3n) is 2.62. The molecule has 0 fully saturated rings. The normalized spacial score (nSPS) is 12.8. The molecule has 0 amide bonds. The molecular weight excluding hydrogens is 222 g/mol. The highest BCUT2D eigenvalue weighted by atomic mass is 35.5. The molecule has 3 rings (SSSR count). The Morgan fingerprint density at radius 1 is 1.06 bits per heavy atom. The molecular formula is C13H10ClNO. The van der Waals surface area contributed by atoms with Gasteiger partial charge in [0.15, 0.2) is 5.75 Å². The molecule has 0 aromatic heterocycles. The third kappa shape index (κ3) is 1.51. The quantitative estimate of drug-likeness (QED) is 0.738. The third-order valence-corrected chi connectivity index (χ3v) is 2.92. The maximum atomic E-state index is 6.12. The van der Waals surface area contributed by atoms with Gasteiger partial charge in [-0.25, -0.2) is 0 Å². The average Bonchev–Trinajstić information content (AvgIpc) is 2.50. The van der Waals surface area contributed by atoms with Gasteiger partial charge in [-0.15, -0.1) is 0 Å². The molecule has 1 N–H and O–H groups in total. The highest BCUT2D eigenvalue weighted by molar-refractivity contribution is 6.32. The van der Waals surface area contributed by atoms with Crippen molar-refractivity contribution in [3.8, 4) is 11.5 Å². The van der Waals surface area contributed by atoms with Gasteiger partial charge in [-0.3, -0.25) is 0 Å². The van der Waals surface area contributed by atoms with Crippen molar-refractivity contribution in [3.05, 3.63) is 53.1 Å². The SMILES string of the molecule is Clc1cccc2c1Oc1ccccc1CN2. The lowest BCUT2D eigenvalue weighted by Crippen LogP contribution is -1.96. The summed E-state index contributed by atoms with van der Waals surface area (Å²) in [5.41, 5.74) is 2.07. The van der Waals surface area contributed by atoms with Gasteiger partial charge in [-0.2, -0.15) is 0 Å². The maximum Gasteiger partial charge on any atom is 0.169 e. The molecule has 0 radical (unpaired) electrons. The van der Waals surface area contributed by atoms with Crippen LogP contribution in [0.5, 0.6) is 11.5 Å². The standard InChI is InChI=1S/C13H10ClNO/c14-10-5-3-6-11-13(10)16-12-7-2-1-4-9(12)8-15-11/h1-7,15H,8H2. The molecule has 16 heavy (non-hydrogen) atoms. The molecule has 0 bridgehead atoms. The summed E-state index contributed by atoms with van der Waals surface area (Å²) in [5, 5.41) is 3.94. The Morgan fingerprint density at radius 2 is 1.94 bits per heavy atom. The van der Waals surface area contributed by atoms with Crippen LogP contribution in [0.4, 0.5) is 5.69 Å². The van der Waals surface area contributed by atoms with Crippen LogP contribution in [-0.4, -0.2) is 0 Å². The monoisotopic (exact) mass is 231 g/mol. The number of ether oxygens (including phenoxy) is 1. The number of nitrogens with one attached hydrogen (secondary N) is 1. The molecule has 2 aromatic carbocycles. The van der Waals surface area contributed by atoms with E-state index in [1.807, 2.05) is 42.5 Å². The molecule has 0 unspecified atom stereocenters. The fourth-order valence-electron chi connectivity index (χ4n) is 1.80. The van der Waals surface area contributed by atoms with Crippen molar-refractivity contribution in [2.24, 2.45) is 0 Å². The van der Waals surface area contributed by atoms with Gasteiger partial charge >= 0.3 is 0 Å². The van der Waals surface area contributed by atoms with Gasteiger partial charge in [0, 0.05) is 12.1 Å². The van der Waals surface area contributed by atoms with Crippen LogP contribution in [0.2, 0.25) is 5.02 Å². The number of para-hydroxylation sites is 2. The van der Waals surface area contributed by atoms with Crippen LogP contribution >= 0.6 is 11.6 Å². The summed E-state index contributed by atoms with van der Waals surface area (Å²) in [6.45, 7) is 0.753. The fraction of sp³-hybridized carbons (Fsp3) is 0.0769. The van der Waals surface area contributed by atoms with Gasteiger partial charge in [0.1, 0.15) is 5.75 Å². The summed E-state index contributed by atoms with van der Waals surface area (Å²) in [6.07, 6.45) is 0. The number of hydrogen-bond acceptors (Lipinski definition) is 2. The van der Waals surface area contributed by atoms with Crippen molar-refractivity contribution in [1.82, 2.24) is 0 Å². The number of fused-ring (bicyclic) bond motifs is 2. The minimum atomic E-state index is 0.627. The molecule has 0 aliphatic carbocycles. The van der Waals surface area contributed by atoms with Crippen LogP contribution < -0.4 is 10.1 Å².